The fourth-order valence-corrected chi connectivity index (χ4v) is 4.59. The zero-order valence-electron chi connectivity index (χ0n) is 17.1. The van der Waals surface area contributed by atoms with Gasteiger partial charge < -0.3 is 19.7 Å². The van der Waals surface area contributed by atoms with E-state index >= 15 is 0 Å². The van der Waals surface area contributed by atoms with Gasteiger partial charge >= 0.3 is 0 Å². The number of rotatable bonds is 5. The molecule has 1 N–H and O–H groups in total. The van der Waals surface area contributed by atoms with Gasteiger partial charge in [0.15, 0.2) is 0 Å². The van der Waals surface area contributed by atoms with Gasteiger partial charge in [0, 0.05) is 50.5 Å². The first-order valence-corrected chi connectivity index (χ1v) is 10.8. The number of ether oxygens (including phenoxy) is 2. The average molecular weight is 412 g/mol. The lowest BCUT2D eigenvalue weighted by Crippen LogP contribution is -2.44. The zero-order valence-corrected chi connectivity index (χ0v) is 17.1. The fourth-order valence-electron chi connectivity index (χ4n) is 4.59. The first-order valence-electron chi connectivity index (χ1n) is 10.8. The molecule has 0 aromatic carbocycles. The number of nitrogens with zero attached hydrogens (tertiary/aromatic N) is 3. The Labute approximate surface area is 176 Å². The largest absolute Gasteiger partial charge is 0.474 e. The lowest BCUT2D eigenvalue weighted by Gasteiger charge is -2.31. The van der Waals surface area contributed by atoms with E-state index in [1.54, 1.807) is 12.1 Å². The van der Waals surface area contributed by atoms with Crippen LogP contribution in [0, 0.1) is 17.2 Å². The van der Waals surface area contributed by atoms with Gasteiger partial charge in [-0.05, 0) is 44.6 Å². The first kappa shape index (κ1) is 20.6. The first-order chi connectivity index (χ1) is 14.6. The van der Waals surface area contributed by atoms with Crippen molar-refractivity contribution in [1.82, 2.24) is 15.2 Å². The number of pyridine rings is 1. The molecule has 2 saturated heterocycles. The van der Waals surface area contributed by atoms with Crippen LogP contribution in [-0.4, -0.2) is 59.6 Å². The van der Waals surface area contributed by atoms with Crippen molar-refractivity contribution in [2.45, 2.75) is 63.1 Å². The number of nitriles is 1. The molecule has 1 aromatic rings. The van der Waals surface area contributed by atoms with E-state index < -0.39 is 0 Å². The Balaban J connectivity index is 1.21. The fraction of sp³-hybridized carbons (Fsp3) is 0.636. The van der Waals surface area contributed by atoms with E-state index in [0.717, 1.165) is 38.5 Å². The summed E-state index contributed by atoms with van der Waals surface area (Å²) in [5, 5.41) is 12.0. The van der Waals surface area contributed by atoms with Crippen LogP contribution in [0.2, 0.25) is 0 Å². The van der Waals surface area contributed by atoms with Gasteiger partial charge in [0.2, 0.25) is 17.7 Å². The highest BCUT2D eigenvalue weighted by Gasteiger charge is 2.39. The van der Waals surface area contributed by atoms with Crippen molar-refractivity contribution in [3.05, 3.63) is 23.9 Å². The van der Waals surface area contributed by atoms with Crippen molar-refractivity contribution in [1.29, 1.82) is 5.26 Å². The minimum atomic E-state index is -0.253. The Morgan fingerprint density at radius 3 is 2.63 bits per heavy atom. The second-order valence-electron chi connectivity index (χ2n) is 8.39. The zero-order chi connectivity index (χ0) is 20.9. The summed E-state index contributed by atoms with van der Waals surface area (Å²) in [4.78, 5) is 31.2. The summed E-state index contributed by atoms with van der Waals surface area (Å²) in [6.07, 6.45) is 6.97. The van der Waals surface area contributed by atoms with Crippen molar-refractivity contribution in [2.75, 3.05) is 19.8 Å². The molecule has 30 heavy (non-hydrogen) atoms. The summed E-state index contributed by atoms with van der Waals surface area (Å²) in [6.45, 7) is 1.90. The van der Waals surface area contributed by atoms with Crippen LogP contribution in [0.1, 0.15) is 50.5 Å². The van der Waals surface area contributed by atoms with E-state index in [1.807, 2.05) is 11.0 Å². The summed E-state index contributed by atoms with van der Waals surface area (Å²) in [5.41, 5.74) is 0.509. The number of likely N-dealkylation sites (tertiary alicyclic amines) is 1. The minimum Gasteiger partial charge on any atom is -0.474 e. The van der Waals surface area contributed by atoms with Crippen LogP contribution >= 0.6 is 0 Å². The summed E-state index contributed by atoms with van der Waals surface area (Å²) in [5.74, 6) is 0.362. The molecule has 0 spiro atoms. The van der Waals surface area contributed by atoms with Gasteiger partial charge in [0.25, 0.3) is 0 Å². The predicted molar refractivity (Wildman–Crippen MR) is 107 cm³/mol. The van der Waals surface area contributed by atoms with Gasteiger partial charge in [-0.2, -0.15) is 5.26 Å². The molecule has 1 unspecified atom stereocenters. The number of aromatic nitrogens is 1. The maximum absolute atomic E-state index is 12.7. The summed E-state index contributed by atoms with van der Waals surface area (Å²) < 4.78 is 11.3. The number of nitrogens with one attached hydrogen (secondary N) is 1. The maximum Gasteiger partial charge on any atom is 0.225 e. The van der Waals surface area contributed by atoms with Crippen LogP contribution in [0.25, 0.3) is 0 Å². The molecule has 8 heteroatoms. The highest BCUT2D eigenvalue weighted by Crippen LogP contribution is 2.27. The van der Waals surface area contributed by atoms with Crippen LogP contribution < -0.4 is 10.1 Å². The standard InChI is InChI=1S/C22H28N4O4/c23-12-15-1-6-20(24-13-15)30-19-4-2-17(3-5-19)25-22(28)16-11-21(27)26(14-16)18-7-9-29-10-8-18/h1,6,13,16-19H,2-5,7-11,14H2,(H,25,28). The van der Waals surface area contributed by atoms with Gasteiger partial charge in [-0.25, -0.2) is 4.98 Å². The molecule has 160 valence electrons. The van der Waals surface area contributed by atoms with Gasteiger partial charge in [0.1, 0.15) is 12.2 Å². The van der Waals surface area contributed by atoms with Crippen LogP contribution in [-0.2, 0) is 14.3 Å². The van der Waals surface area contributed by atoms with Crippen molar-refractivity contribution in [3.63, 3.8) is 0 Å². The van der Waals surface area contributed by atoms with E-state index in [0.29, 0.717) is 37.6 Å². The third kappa shape index (κ3) is 4.90. The van der Waals surface area contributed by atoms with Crippen molar-refractivity contribution >= 4 is 11.8 Å². The molecule has 2 aliphatic heterocycles. The van der Waals surface area contributed by atoms with Gasteiger partial charge in [-0.1, -0.05) is 0 Å². The normalized spacial score (nSPS) is 27.5. The molecule has 1 atom stereocenters. The highest BCUT2D eigenvalue weighted by atomic mass is 16.5. The number of amides is 2. The van der Waals surface area contributed by atoms with Gasteiger partial charge in [-0.3, -0.25) is 9.59 Å². The number of hydrogen-bond donors (Lipinski definition) is 1. The molecule has 3 fully saturated rings. The SMILES string of the molecule is N#Cc1ccc(OC2CCC(NC(=O)C3CC(=O)N(C4CCOCC4)C3)CC2)nc1. The van der Waals surface area contributed by atoms with Gasteiger partial charge in [-0.15, -0.1) is 0 Å². The molecule has 0 bridgehead atoms. The Bertz CT molecular complexity index is 792. The Hall–Kier alpha value is -2.66. The molecule has 4 rings (SSSR count). The number of carbonyl (C=O) groups excluding carboxylic acids is 2. The van der Waals surface area contributed by atoms with E-state index in [-0.39, 0.29) is 35.9 Å². The Morgan fingerprint density at radius 1 is 1.20 bits per heavy atom. The monoisotopic (exact) mass is 412 g/mol. The van der Waals surface area contributed by atoms with Crippen LogP contribution in [0.5, 0.6) is 5.88 Å². The third-order valence-corrected chi connectivity index (χ3v) is 6.33. The van der Waals surface area contributed by atoms with Crippen LogP contribution in [0.15, 0.2) is 18.3 Å². The molecule has 3 aliphatic rings. The highest BCUT2D eigenvalue weighted by molar-refractivity contribution is 5.89. The topological polar surface area (TPSA) is 105 Å². The quantitative estimate of drug-likeness (QED) is 0.791. The molecular weight excluding hydrogens is 384 g/mol. The summed E-state index contributed by atoms with van der Waals surface area (Å²) in [6, 6.07) is 5.79. The maximum atomic E-state index is 12.7. The van der Waals surface area contributed by atoms with Crippen molar-refractivity contribution < 1.29 is 19.1 Å². The molecule has 1 saturated carbocycles. The van der Waals surface area contributed by atoms with Crippen molar-refractivity contribution in [3.8, 4) is 11.9 Å². The lowest BCUT2D eigenvalue weighted by molar-refractivity contribution is -0.131. The number of carbonyl (C=O) groups is 2. The Kier molecular flexibility index (Phi) is 6.48. The Morgan fingerprint density at radius 2 is 1.97 bits per heavy atom. The molecule has 1 aliphatic carbocycles. The smallest absolute Gasteiger partial charge is 0.225 e. The van der Waals surface area contributed by atoms with E-state index in [9.17, 15) is 9.59 Å². The van der Waals surface area contributed by atoms with Gasteiger partial charge in [0.05, 0.1) is 11.5 Å². The molecule has 3 heterocycles. The average Bonchev–Trinajstić information content (AvgIpc) is 3.18. The number of hydrogen-bond acceptors (Lipinski definition) is 6. The van der Waals surface area contributed by atoms with Crippen LogP contribution in [0.3, 0.4) is 0 Å². The third-order valence-electron chi connectivity index (χ3n) is 6.33. The lowest BCUT2D eigenvalue weighted by atomic mass is 9.92. The minimum absolute atomic E-state index is 0.00367. The predicted octanol–water partition coefficient (Wildman–Crippen LogP) is 1.79. The summed E-state index contributed by atoms with van der Waals surface area (Å²) >= 11 is 0. The molecular formula is C22H28N4O4. The van der Waals surface area contributed by atoms with Crippen molar-refractivity contribution in [2.24, 2.45) is 5.92 Å². The second kappa shape index (κ2) is 9.43. The second-order valence-corrected chi connectivity index (χ2v) is 8.39. The molecule has 2 amide bonds. The molecule has 8 nitrogen and oxygen atoms in total. The molecule has 0 radical (unpaired) electrons. The van der Waals surface area contributed by atoms with E-state index in [1.165, 1.54) is 6.20 Å². The van der Waals surface area contributed by atoms with Crippen LogP contribution in [0.4, 0.5) is 0 Å². The molecule has 1 aromatic heterocycles. The van der Waals surface area contributed by atoms with E-state index in [2.05, 4.69) is 10.3 Å². The summed E-state index contributed by atoms with van der Waals surface area (Å²) in [7, 11) is 0. The van der Waals surface area contributed by atoms with E-state index in [4.69, 9.17) is 14.7 Å².